The van der Waals surface area contributed by atoms with Gasteiger partial charge in [0, 0.05) is 43.9 Å². The number of hydrogen-bond donors (Lipinski definition) is 1. The number of pyridine rings is 1. The second kappa shape index (κ2) is 7.20. The Morgan fingerprint density at radius 1 is 1.48 bits per heavy atom. The summed E-state index contributed by atoms with van der Waals surface area (Å²) < 4.78 is 7.48. The minimum absolute atomic E-state index is 0.233. The highest BCUT2D eigenvalue weighted by atomic mass is 35.5. The molecule has 0 aliphatic heterocycles. The van der Waals surface area contributed by atoms with Gasteiger partial charge in [-0.2, -0.15) is 0 Å². The smallest absolute Gasteiger partial charge is 0.139 e. The van der Waals surface area contributed by atoms with Crippen molar-refractivity contribution in [3.8, 4) is 0 Å². The molecular formula is C18H26ClN3O. The number of aryl methyl sites for hydroxylation is 2. The molecule has 0 aromatic carbocycles. The maximum absolute atomic E-state index is 6.54. The summed E-state index contributed by atoms with van der Waals surface area (Å²) in [6, 6.07) is 3.09. The lowest BCUT2D eigenvalue weighted by atomic mass is 10.1. The monoisotopic (exact) mass is 335 g/mol. The highest BCUT2D eigenvalue weighted by molar-refractivity contribution is 6.34. The first-order valence-corrected chi connectivity index (χ1v) is 8.95. The van der Waals surface area contributed by atoms with Gasteiger partial charge in [-0.3, -0.25) is 0 Å². The van der Waals surface area contributed by atoms with Gasteiger partial charge in [0.25, 0.3) is 0 Å². The molecular weight excluding hydrogens is 310 g/mol. The van der Waals surface area contributed by atoms with Gasteiger partial charge >= 0.3 is 0 Å². The van der Waals surface area contributed by atoms with E-state index in [0.717, 1.165) is 37.1 Å². The van der Waals surface area contributed by atoms with Gasteiger partial charge in [0.15, 0.2) is 0 Å². The molecule has 2 aromatic rings. The molecule has 1 fully saturated rings. The number of aromatic nitrogens is 2. The quantitative estimate of drug-likeness (QED) is 0.583. The average molecular weight is 336 g/mol. The van der Waals surface area contributed by atoms with Crippen LogP contribution < -0.4 is 5.32 Å². The van der Waals surface area contributed by atoms with E-state index in [1.54, 1.807) is 7.11 Å². The van der Waals surface area contributed by atoms with Gasteiger partial charge in [0.05, 0.1) is 11.2 Å². The molecule has 0 bridgehead atoms. The van der Waals surface area contributed by atoms with E-state index >= 15 is 0 Å². The Morgan fingerprint density at radius 2 is 2.26 bits per heavy atom. The summed E-state index contributed by atoms with van der Waals surface area (Å²) in [4.78, 5) is 4.67. The minimum atomic E-state index is 0.233. The van der Waals surface area contributed by atoms with Crippen molar-refractivity contribution in [3.05, 3.63) is 28.7 Å². The molecule has 1 aliphatic carbocycles. The van der Waals surface area contributed by atoms with Crippen LogP contribution in [0.5, 0.6) is 0 Å². The first kappa shape index (κ1) is 16.7. The maximum atomic E-state index is 6.54. The Bertz CT molecular complexity index is 678. The van der Waals surface area contributed by atoms with Crippen LogP contribution in [-0.4, -0.2) is 29.3 Å². The summed E-state index contributed by atoms with van der Waals surface area (Å²) in [5.41, 5.74) is 3.49. The first-order chi connectivity index (χ1) is 11.1. The summed E-state index contributed by atoms with van der Waals surface area (Å²) in [5, 5.41) is 5.34. The Morgan fingerprint density at radius 3 is 2.91 bits per heavy atom. The molecule has 0 spiro atoms. The highest BCUT2D eigenvalue weighted by Crippen LogP contribution is 2.31. The van der Waals surface area contributed by atoms with Crippen LogP contribution in [0.1, 0.15) is 50.4 Å². The Balaban J connectivity index is 1.95. The molecule has 23 heavy (non-hydrogen) atoms. The fourth-order valence-corrected chi connectivity index (χ4v) is 3.42. The number of hydrogen-bond acceptors (Lipinski definition) is 3. The van der Waals surface area contributed by atoms with E-state index in [4.69, 9.17) is 16.3 Å². The Hall–Kier alpha value is -1.10. The van der Waals surface area contributed by atoms with Crippen molar-refractivity contribution in [3.63, 3.8) is 0 Å². The molecule has 126 valence electrons. The van der Waals surface area contributed by atoms with Gasteiger partial charge in [-0.05, 0) is 44.2 Å². The van der Waals surface area contributed by atoms with Crippen molar-refractivity contribution in [2.75, 3.05) is 13.7 Å². The zero-order valence-electron chi connectivity index (χ0n) is 14.2. The van der Waals surface area contributed by atoms with E-state index in [1.807, 2.05) is 0 Å². The van der Waals surface area contributed by atoms with Crippen LogP contribution in [0.15, 0.2) is 12.3 Å². The second-order valence-electron chi connectivity index (χ2n) is 6.44. The van der Waals surface area contributed by atoms with E-state index < -0.39 is 0 Å². The molecule has 0 amide bonds. The fourth-order valence-electron chi connectivity index (χ4n) is 3.11. The number of fused-ring (bicyclic) bond motifs is 1. The summed E-state index contributed by atoms with van der Waals surface area (Å²) in [6.45, 7) is 6.04. The van der Waals surface area contributed by atoms with E-state index in [1.165, 1.54) is 23.9 Å². The van der Waals surface area contributed by atoms with Gasteiger partial charge in [-0.25, -0.2) is 4.98 Å². The lowest BCUT2D eigenvalue weighted by molar-refractivity contribution is 0.190. The highest BCUT2D eigenvalue weighted by Gasteiger charge is 2.24. The van der Waals surface area contributed by atoms with Crippen LogP contribution in [0.3, 0.4) is 0 Å². The number of nitrogens with zero attached hydrogens (tertiary/aromatic N) is 2. The molecule has 1 unspecified atom stereocenters. The van der Waals surface area contributed by atoms with Crippen molar-refractivity contribution < 1.29 is 4.74 Å². The molecule has 1 aliphatic rings. The third-order valence-electron chi connectivity index (χ3n) is 4.55. The predicted octanol–water partition coefficient (Wildman–Crippen LogP) is 4.10. The zero-order valence-corrected chi connectivity index (χ0v) is 15.0. The first-order valence-electron chi connectivity index (χ1n) is 8.57. The molecule has 4 nitrogen and oxygen atoms in total. The second-order valence-corrected chi connectivity index (χ2v) is 6.80. The Labute approximate surface area is 143 Å². The van der Waals surface area contributed by atoms with Crippen molar-refractivity contribution in [2.24, 2.45) is 0 Å². The Kier molecular flexibility index (Phi) is 5.24. The average Bonchev–Trinajstić information content (AvgIpc) is 3.27. The number of nitrogens with one attached hydrogen (secondary N) is 1. The van der Waals surface area contributed by atoms with Crippen LogP contribution in [0, 0.1) is 0 Å². The van der Waals surface area contributed by atoms with E-state index in [9.17, 15) is 0 Å². The lowest BCUT2D eigenvalue weighted by Crippen LogP contribution is -2.21. The van der Waals surface area contributed by atoms with E-state index in [-0.39, 0.29) is 6.04 Å². The fraction of sp³-hybridized carbons (Fsp3) is 0.611. The van der Waals surface area contributed by atoms with Gasteiger partial charge in [-0.1, -0.05) is 18.5 Å². The van der Waals surface area contributed by atoms with E-state index in [2.05, 4.69) is 41.0 Å². The summed E-state index contributed by atoms with van der Waals surface area (Å²) >= 11 is 6.54. The number of rotatable bonds is 8. The molecule has 5 heteroatoms. The van der Waals surface area contributed by atoms with Crippen molar-refractivity contribution >= 4 is 22.5 Å². The molecule has 2 heterocycles. The van der Waals surface area contributed by atoms with Crippen LogP contribution in [0.25, 0.3) is 10.9 Å². The van der Waals surface area contributed by atoms with Crippen molar-refractivity contribution in [1.29, 1.82) is 0 Å². The lowest BCUT2D eigenvalue weighted by Gasteiger charge is -2.14. The SMILES string of the molecule is CCc1cn(CCCOC)c2cc(C(C)NC3CC3)nc(Cl)c12. The maximum Gasteiger partial charge on any atom is 0.139 e. The topological polar surface area (TPSA) is 39.1 Å². The van der Waals surface area contributed by atoms with Crippen LogP contribution in [0.4, 0.5) is 0 Å². The summed E-state index contributed by atoms with van der Waals surface area (Å²) in [5.74, 6) is 0. The van der Waals surface area contributed by atoms with Crippen LogP contribution >= 0.6 is 11.6 Å². The third-order valence-corrected chi connectivity index (χ3v) is 4.83. The number of ether oxygens (including phenoxy) is 1. The van der Waals surface area contributed by atoms with Crippen molar-refractivity contribution in [2.45, 2.75) is 58.2 Å². The standard InChI is InChI=1S/C18H26ClN3O/c1-4-13-11-22(8-5-9-23-3)16-10-15(21-18(19)17(13)16)12(2)20-14-6-7-14/h10-12,14,20H,4-9H2,1-3H3. The zero-order chi connectivity index (χ0) is 16.4. The molecule has 1 N–H and O–H groups in total. The largest absolute Gasteiger partial charge is 0.385 e. The normalized spacial score (nSPS) is 16.2. The predicted molar refractivity (Wildman–Crippen MR) is 95.2 cm³/mol. The van der Waals surface area contributed by atoms with Crippen molar-refractivity contribution in [1.82, 2.24) is 14.9 Å². The van der Waals surface area contributed by atoms with Crippen LogP contribution in [-0.2, 0) is 17.7 Å². The third kappa shape index (κ3) is 3.70. The van der Waals surface area contributed by atoms with Gasteiger partial charge in [0.2, 0.25) is 0 Å². The number of halogens is 1. The summed E-state index contributed by atoms with van der Waals surface area (Å²) in [6.07, 6.45) is 6.72. The van der Waals surface area contributed by atoms with Gasteiger partial charge in [-0.15, -0.1) is 0 Å². The molecule has 1 atom stereocenters. The number of methoxy groups -OCH3 is 1. The van der Waals surface area contributed by atoms with Gasteiger partial charge < -0.3 is 14.6 Å². The summed E-state index contributed by atoms with van der Waals surface area (Å²) in [7, 11) is 1.75. The van der Waals surface area contributed by atoms with Crippen LogP contribution in [0.2, 0.25) is 5.15 Å². The van der Waals surface area contributed by atoms with Gasteiger partial charge in [0.1, 0.15) is 5.15 Å². The molecule has 0 radical (unpaired) electrons. The van der Waals surface area contributed by atoms with E-state index in [0.29, 0.717) is 11.2 Å². The minimum Gasteiger partial charge on any atom is -0.385 e. The molecule has 0 saturated heterocycles. The molecule has 2 aromatic heterocycles. The molecule has 3 rings (SSSR count). The molecule has 1 saturated carbocycles.